The van der Waals surface area contributed by atoms with Gasteiger partial charge in [-0.3, -0.25) is 4.79 Å². The number of nitrogens with one attached hydrogen (secondary N) is 2. The highest BCUT2D eigenvalue weighted by atomic mass is 79.9. The molecule has 16 heavy (non-hydrogen) atoms. The molecular weight excluding hydrogens is 268 g/mol. The van der Waals surface area contributed by atoms with E-state index in [4.69, 9.17) is 0 Å². The van der Waals surface area contributed by atoms with Gasteiger partial charge in [0.25, 0.3) is 5.56 Å². The summed E-state index contributed by atoms with van der Waals surface area (Å²) in [6.45, 7) is 0.808. The predicted octanol–water partition coefficient (Wildman–Crippen LogP) is 2.05. The Hall–Kier alpha value is -1.13. The Morgan fingerprint density at radius 3 is 3.00 bits per heavy atom. The molecule has 3 nitrogen and oxygen atoms in total. The van der Waals surface area contributed by atoms with E-state index in [0.717, 1.165) is 33.9 Å². The number of likely N-dealkylation sites (N-methyl/N-ethyl adjacent to an activating group) is 1. The maximum absolute atomic E-state index is 11.8. The number of benzene rings is 1. The third-order valence-corrected chi connectivity index (χ3v) is 3.21. The molecule has 0 aliphatic carbocycles. The minimum absolute atomic E-state index is 0.00495. The molecule has 0 saturated carbocycles. The average Bonchev–Trinajstić information content (AvgIpc) is 2.28. The van der Waals surface area contributed by atoms with Crippen LogP contribution in [-0.4, -0.2) is 18.6 Å². The summed E-state index contributed by atoms with van der Waals surface area (Å²) in [5.74, 6) is 0. The van der Waals surface area contributed by atoms with Gasteiger partial charge in [0.1, 0.15) is 0 Å². The van der Waals surface area contributed by atoms with Crippen LogP contribution in [0.4, 0.5) is 0 Å². The molecule has 4 heteroatoms. The van der Waals surface area contributed by atoms with Gasteiger partial charge in [-0.25, -0.2) is 0 Å². The Morgan fingerprint density at radius 1 is 1.44 bits per heavy atom. The van der Waals surface area contributed by atoms with E-state index in [1.807, 2.05) is 31.3 Å². The van der Waals surface area contributed by atoms with Crippen LogP contribution in [0.25, 0.3) is 10.9 Å². The van der Waals surface area contributed by atoms with Crippen molar-refractivity contribution in [3.05, 3.63) is 44.7 Å². The second-order valence-electron chi connectivity index (χ2n) is 3.68. The lowest BCUT2D eigenvalue weighted by molar-refractivity contribution is 0.786. The van der Waals surface area contributed by atoms with Gasteiger partial charge in [0.15, 0.2) is 0 Å². The predicted molar refractivity (Wildman–Crippen MR) is 69.9 cm³/mol. The number of pyridine rings is 1. The second-order valence-corrected chi connectivity index (χ2v) is 4.54. The first kappa shape index (κ1) is 11.4. The Kier molecular flexibility index (Phi) is 3.41. The normalized spacial score (nSPS) is 10.9. The van der Waals surface area contributed by atoms with Crippen molar-refractivity contribution >= 4 is 26.8 Å². The molecule has 1 aromatic carbocycles. The molecule has 0 amide bonds. The molecule has 2 N–H and O–H groups in total. The van der Waals surface area contributed by atoms with E-state index in [1.165, 1.54) is 0 Å². The molecule has 84 valence electrons. The molecule has 0 radical (unpaired) electrons. The summed E-state index contributed by atoms with van der Waals surface area (Å²) in [6.07, 6.45) is 0.744. The van der Waals surface area contributed by atoms with Crippen molar-refractivity contribution < 1.29 is 0 Å². The smallest absolute Gasteiger partial charge is 0.251 e. The Bertz CT molecular complexity index is 562. The van der Waals surface area contributed by atoms with E-state index in [9.17, 15) is 4.79 Å². The van der Waals surface area contributed by atoms with Crippen molar-refractivity contribution in [3.8, 4) is 0 Å². The molecule has 0 spiro atoms. The zero-order chi connectivity index (χ0) is 11.5. The van der Waals surface area contributed by atoms with Gasteiger partial charge in [0.2, 0.25) is 0 Å². The average molecular weight is 281 g/mol. The van der Waals surface area contributed by atoms with Gasteiger partial charge in [-0.15, -0.1) is 0 Å². The fourth-order valence-corrected chi connectivity index (χ4v) is 2.17. The van der Waals surface area contributed by atoms with Crippen molar-refractivity contribution in [3.63, 3.8) is 0 Å². The molecule has 1 heterocycles. The van der Waals surface area contributed by atoms with Gasteiger partial charge in [0.05, 0.1) is 5.52 Å². The number of aromatic nitrogens is 1. The second kappa shape index (κ2) is 4.80. The van der Waals surface area contributed by atoms with Crippen LogP contribution in [-0.2, 0) is 6.42 Å². The molecular formula is C12H13BrN2O. The van der Waals surface area contributed by atoms with Crippen LogP contribution in [0.1, 0.15) is 5.56 Å². The molecule has 0 unspecified atom stereocenters. The highest BCUT2D eigenvalue weighted by Crippen LogP contribution is 2.20. The molecule has 1 aromatic heterocycles. The molecule has 0 atom stereocenters. The minimum Gasteiger partial charge on any atom is -0.321 e. The van der Waals surface area contributed by atoms with E-state index in [-0.39, 0.29) is 5.56 Å². The van der Waals surface area contributed by atoms with Gasteiger partial charge >= 0.3 is 0 Å². The van der Waals surface area contributed by atoms with E-state index in [0.29, 0.717) is 0 Å². The van der Waals surface area contributed by atoms with Crippen molar-refractivity contribution in [2.45, 2.75) is 6.42 Å². The summed E-state index contributed by atoms with van der Waals surface area (Å²) < 4.78 is 0.919. The van der Waals surface area contributed by atoms with Gasteiger partial charge in [0, 0.05) is 10.0 Å². The molecule has 2 aromatic rings. The zero-order valence-corrected chi connectivity index (χ0v) is 10.6. The minimum atomic E-state index is -0.00495. The first-order valence-electron chi connectivity index (χ1n) is 5.17. The standard InChI is InChI=1S/C12H13BrN2O/c1-14-6-5-9-7-8-3-2-4-10(13)11(8)15-12(9)16/h2-4,7,14H,5-6H2,1H3,(H,15,16). The Labute approximate surface area is 102 Å². The first-order chi connectivity index (χ1) is 7.72. The third-order valence-electron chi connectivity index (χ3n) is 2.55. The SMILES string of the molecule is CNCCc1cc2cccc(Br)c2[nH]c1=O. The first-order valence-corrected chi connectivity index (χ1v) is 5.96. The third kappa shape index (κ3) is 2.18. The van der Waals surface area contributed by atoms with Crippen LogP contribution in [0.2, 0.25) is 0 Å². The van der Waals surface area contributed by atoms with Crippen LogP contribution in [0.5, 0.6) is 0 Å². The molecule has 0 saturated heterocycles. The Balaban J connectivity index is 2.54. The molecule has 0 aliphatic rings. The van der Waals surface area contributed by atoms with E-state index >= 15 is 0 Å². The monoisotopic (exact) mass is 280 g/mol. The zero-order valence-electron chi connectivity index (χ0n) is 9.01. The summed E-state index contributed by atoms with van der Waals surface area (Å²) in [6, 6.07) is 7.84. The van der Waals surface area contributed by atoms with E-state index in [2.05, 4.69) is 26.2 Å². The quantitative estimate of drug-likeness (QED) is 0.904. The summed E-state index contributed by atoms with van der Waals surface area (Å²) in [5.41, 5.74) is 1.68. The lowest BCUT2D eigenvalue weighted by Crippen LogP contribution is -2.18. The number of aromatic amines is 1. The topological polar surface area (TPSA) is 44.9 Å². The summed E-state index contributed by atoms with van der Waals surface area (Å²) in [5, 5.41) is 4.10. The van der Waals surface area contributed by atoms with E-state index < -0.39 is 0 Å². The van der Waals surface area contributed by atoms with Gasteiger partial charge in [-0.05, 0) is 53.5 Å². The highest BCUT2D eigenvalue weighted by Gasteiger charge is 2.04. The van der Waals surface area contributed by atoms with Crippen LogP contribution in [0.3, 0.4) is 0 Å². The largest absolute Gasteiger partial charge is 0.321 e. The Morgan fingerprint density at radius 2 is 2.25 bits per heavy atom. The van der Waals surface area contributed by atoms with Crippen LogP contribution in [0.15, 0.2) is 33.5 Å². The molecule has 0 fully saturated rings. The summed E-state index contributed by atoms with van der Waals surface area (Å²) >= 11 is 3.43. The number of H-pyrrole nitrogens is 1. The molecule has 0 aliphatic heterocycles. The number of hydrogen-bond donors (Lipinski definition) is 2. The summed E-state index contributed by atoms with van der Waals surface area (Å²) in [7, 11) is 1.88. The van der Waals surface area contributed by atoms with Gasteiger partial charge in [-0.1, -0.05) is 12.1 Å². The van der Waals surface area contributed by atoms with Crippen molar-refractivity contribution in [2.24, 2.45) is 0 Å². The van der Waals surface area contributed by atoms with Crippen LogP contribution < -0.4 is 10.9 Å². The van der Waals surface area contributed by atoms with Crippen molar-refractivity contribution in [1.29, 1.82) is 0 Å². The van der Waals surface area contributed by atoms with Crippen molar-refractivity contribution in [1.82, 2.24) is 10.3 Å². The van der Waals surface area contributed by atoms with Crippen LogP contribution in [0, 0.1) is 0 Å². The maximum Gasteiger partial charge on any atom is 0.251 e. The number of hydrogen-bond acceptors (Lipinski definition) is 2. The molecule has 0 bridgehead atoms. The molecule has 2 rings (SSSR count). The lowest BCUT2D eigenvalue weighted by atomic mass is 10.1. The van der Waals surface area contributed by atoms with Gasteiger partial charge in [-0.2, -0.15) is 0 Å². The van der Waals surface area contributed by atoms with Crippen molar-refractivity contribution in [2.75, 3.05) is 13.6 Å². The van der Waals surface area contributed by atoms with E-state index in [1.54, 1.807) is 0 Å². The maximum atomic E-state index is 11.8. The van der Waals surface area contributed by atoms with Crippen LogP contribution >= 0.6 is 15.9 Å². The number of para-hydroxylation sites is 1. The number of halogens is 1. The van der Waals surface area contributed by atoms with Gasteiger partial charge < -0.3 is 10.3 Å². The fourth-order valence-electron chi connectivity index (χ4n) is 1.69. The fraction of sp³-hybridized carbons (Fsp3) is 0.250. The summed E-state index contributed by atoms with van der Waals surface area (Å²) in [4.78, 5) is 14.7. The highest BCUT2D eigenvalue weighted by molar-refractivity contribution is 9.10. The lowest BCUT2D eigenvalue weighted by Gasteiger charge is -2.04. The number of rotatable bonds is 3. The number of fused-ring (bicyclic) bond motifs is 1.